The average molecular weight is 170 g/mol. The third-order valence-corrected chi connectivity index (χ3v) is 2.31. The third kappa shape index (κ3) is 1.13. The van der Waals surface area contributed by atoms with Gasteiger partial charge in [-0.2, -0.15) is 0 Å². The smallest absolute Gasteiger partial charge is 0.317 e. The van der Waals surface area contributed by atoms with E-state index in [-0.39, 0.29) is 12.8 Å². The molecule has 66 valence electrons. The van der Waals surface area contributed by atoms with E-state index in [1.807, 2.05) is 0 Å². The molecule has 1 atom stereocenters. The Bertz CT molecular complexity index is 256. The Hall–Kier alpha value is -1.19. The van der Waals surface area contributed by atoms with Crippen LogP contribution in [-0.2, 0) is 14.4 Å². The van der Waals surface area contributed by atoms with Crippen LogP contribution in [0.5, 0.6) is 0 Å². The van der Waals surface area contributed by atoms with Gasteiger partial charge < -0.3 is 5.11 Å². The zero-order valence-electron chi connectivity index (χ0n) is 6.79. The van der Waals surface area contributed by atoms with E-state index in [4.69, 9.17) is 5.11 Å². The first kappa shape index (κ1) is 8.90. The molecule has 0 bridgehead atoms. The molecule has 0 aliphatic heterocycles. The molecule has 1 N–H and O–H groups in total. The first-order valence-corrected chi connectivity index (χ1v) is 3.79. The normalized spacial score (nSPS) is 30.4. The number of carbonyl (C=O) groups excluding carboxylic acids is 2. The molecule has 0 heterocycles. The van der Waals surface area contributed by atoms with E-state index in [1.54, 1.807) is 0 Å². The van der Waals surface area contributed by atoms with Crippen LogP contribution in [0.2, 0.25) is 0 Å². The van der Waals surface area contributed by atoms with Gasteiger partial charge in [0, 0.05) is 6.42 Å². The molecular weight excluding hydrogens is 160 g/mol. The summed E-state index contributed by atoms with van der Waals surface area (Å²) in [6.07, 6.45) is 0.960. The van der Waals surface area contributed by atoms with Gasteiger partial charge in [-0.15, -0.1) is 0 Å². The summed E-state index contributed by atoms with van der Waals surface area (Å²) in [6.45, 7) is 1.31. The Morgan fingerprint density at radius 2 is 2.08 bits per heavy atom. The second-order valence-corrected chi connectivity index (χ2v) is 3.24. The minimum atomic E-state index is -1.46. The number of Topliss-reactive ketones (excluding diaryl/α,β-unsaturated/α-hetero) is 2. The zero-order valence-corrected chi connectivity index (χ0v) is 6.79. The average Bonchev–Trinajstić information content (AvgIpc) is 2.00. The topological polar surface area (TPSA) is 71.4 Å². The Labute approximate surface area is 69.6 Å². The van der Waals surface area contributed by atoms with Crippen LogP contribution in [0, 0.1) is 5.41 Å². The van der Waals surface area contributed by atoms with Gasteiger partial charge in [0.1, 0.15) is 5.41 Å². The number of rotatable bonds is 1. The van der Waals surface area contributed by atoms with Crippen molar-refractivity contribution in [1.29, 1.82) is 0 Å². The lowest BCUT2D eigenvalue weighted by Crippen LogP contribution is -2.43. The third-order valence-electron chi connectivity index (χ3n) is 2.31. The van der Waals surface area contributed by atoms with Crippen LogP contribution in [0.25, 0.3) is 0 Å². The molecule has 0 saturated heterocycles. The van der Waals surface area contributed by atoms with E-state index < -0.39 is 23.0 Å². The molecule has 4 heteroatoms. The van der Waals surface area contributed by atoms with Crippen LogP contribution in [0.3, 0.4) is 0 Å². The molecule has 1 unspecified atom stereocenters. The number of ketones is 2. The molecule has 0 spiro atoms. The minimum Gasteiger partial charge on any atom is -0.480 e. The number of carbonyl (C=O) groups is 3. The predicted octanol–water partition coefficient (Wildman–Crippen LogP) is 0.399. The first-order valence-electron chi connectivity index (χ1n) is 3.79. The van der Waals surface area contributed by atoms with Crippen molar-refractivity contribution in [2.45, 2.75) is 26.2 Å². The van der Waals surface area contributed by atoms with Gasteiger partial charge in [-0.3, -0.25) is 14.4 Å². The largest absolute Gasteiger partial charge is 0.480 e. The zero-order chi connectivity index (χ0) is 9.35. The second kappa shape index (κ2) is 2.69. The van der Waals surface area contributed by atoms with Crippen molar-refractivity contribution >= 4 is 17.5 Å². The summed E-state index contributed by atoms with van der Waals surface area (Å²) in [5.74, 6) is -2.49. The van der Waals surface area contributed by atoms with Crippen LogP contribution in [-0.4, -0.2) is 22.6 Å². The molecule has 4 nitrogen and oxygen atoms in total. The molecule has 0 radical (unpaired) electrons. The molecule has 1 aliphatic rings. The van der Waals surface area contributed by atoms with E-state index in [0.717, 1.165) is 0 Å². The highest BCUT2D eigenvalue weighted by Crippen LogP contribution is 2.31. The molecule has 0 aromatic carbocycles. The molecule has 1 saturated carbocycles. The molecule has 0 aromatic heterocycles. The Morgan fingerprint density at radius 1 is 1.50 bits per heavy atom. The Morgan fingerprint density at radius 3 is 2.50 bits per heavy atom. The molecular formula is C8H10O4. The highest BCUT2D eigenvalue weighted by molar-refractivity contribution is 6.43. The fourth-order valence-electron chi connectivity index (χ4n) is 1.34. The van der Waals surface area contributed by atoms with Gasteiger partial charge in [-0.1, -0.05) is 0 Å². The van der Waals surface area contributed by atoms with Crippen molar-refractivity contribution in [3.05, 3.63) is 0 Å². The monoisotopic (exact) mass is 170 g/mol. The van der Waals surface area contributed by atoms with Crippen molar-refractivity contribution in [3.63, 3.8) is 0 Å². The quantitative estimate of drug-likeness (QED) is 0.456. The van der Waals surface area contributed by atoms with Crippen LogP contribution in [0.15, 0.2) is 0 Å². The summed E-state index contributed by atoms with van der Waals surface area (Å²) in [5, 5.41) is 8.71. The van der Waals surface area contributed by atoms with Gasteiger partial charge in [-0.25, -0.2) is 0 Å². The first-order chi connectivity index (χ1) is 5.48. The highest BCUT2D eigenvalue weighted by Gasteiger charge is 2.46. The van der Waals surface area contributed by atoms with Gasteiger partial charge in [0.25, 0.3) is 0 Å². The van der Waals surface area contributed by atoms with Crippen LogP contribution in [0.4, 0.5) is 0 Å². The molecule has 1 fully saturated rings. The number of hydrogen-bond donors (Lipinski definition) is 1. The summed E-state index contributed by atoms with van der Waals surface area (Å²) < 4.78 is 0. The summed E-state index contributed by atoms with van der Waals surface area (Å²) >= 11 is 0. The Balaban J connectivity index is 2.97. The van der Waals surface area contributed by atoms with Crippen LogP contribution in [0.1, 0.15) is 26.2 Å². The molecule has 0 aromatic rings. The van der Waals surface area contributed by atoms with E-state index in [2.05, 4.69) is 0 Å². The lowest BCUT2D eigenvalue weighted by molar-refractivity contribution is -0.159. The second-order valence-electron chi connectivity index (χ2n) is 3.24. The SMILES string of the molecule is CC1(C(=O)O)CCCC(=O)C1=O. The summed E-state index contributed by atoms with van der Waals surface area (Å²) in [5.41, 5.74) is -1.46. The van der Waals surface area contributed by atoms with Gasteiger partial charge >= 0.3 is 5.97 Å². The van der Waals surface area contributed by atoms with E-state index >= 15 is 0 Å². The number of carboxylic acid groups (broad SMARTS) is 1. The Kier molecular flexibility index (Phi) is 2.00. The van der Waals surface area contributed by atoms with E-state index in [0.29, 0.717) is 6.42 Å². The molecule has 0 amide bonds. The molecule has 1 aliphatic carbocycles. The maximum Gasteiger partial charge on any atom is 0.317 e. The van der Waals surface area contributed by atoms with Gasteiger partial charge in [-0.05, 0) is 19.8 Å². The van der Waals surface area contributed by atoms with Crippen molar-refractivity contribution in [2.24, 2.45) is 5.41 Å². The fraction of sp³-hybridized carbons (Fsp3) is 0.625. The van der Waals surface area contributed by atoms with Gasteiger partial charge in [0.05, 0.1) is 0 Å². The highest BCUT2D eigenvalue weighted by atomic mass is 16.4. The van der Waals surface area contributed by atoms with Gasteiger partial charge in [0.15, 0.2) is 5.78 Å². The van der Waals surface area contributed by atoms with Crippen molar-refractivity contribution < 1.29 is 19.5 Å². The lowest BCUT2D eigenvalue weighted by Gasteiger charge is -2.25. The van der Waals surface area contributed by atoms with Gasteiger partial charge in [0.2, 0.25) is 5.78 Å². The van der Waals surface area contributed by atoms with Crippen molar-refractivity contribution in [2.75, 3.05) is 0 Å². The summed E-state index contributed by atoms with van der Waals surface area (Å²) in [4.78, 5) is 32.7. The van der Waals surface area contributed by atoms with E-state index in [9.17, 15) is 14.4 Å². The molecule has 12 heavy (non-hydrogen) atoms. The fourth-order valence-corrected chi connectivity index (χ4v) is 1.34. The van der Waals surface area contributed by atoms with E-state index in [1.165, 1.54) is 6.92 Å². The maximum absolute atomic E-state index is 11.2. The lowest BCUT2D eigenvalue weighted by atomic mass is 9.74. The standard InChI is InChI=1S/C8H10O4/c1-8(7(11)12)4-2-3-5(9)6(8)10/h2-4H2,1H3,(H,11,12). The van der Waals surface area contributed by atoms with Crippen LogP contribution >= 0.6 is 0 Å². The summed E-state index contributed by atoms with van der Waals surface area (Å²) in [6, 6.07) is 0. The van der Waals surface area contributed by atoms with Crippen molar-refractivity contribution in [1.82, 2.24) is 0 Å². The molecule has 1 rings (SSSR count). The minimum absolute atomic E-state index is 0.196. The number of carboxylic acids is 1. The number of hydrogen-bond acceptors (Lipinski definition) is 3. The summed E-state index contributed by atoms with van der Waals surface area (Å²) in [7, 11) is 0. The maximum atomic E-state index is 11.2. The number of aliphatic carboxylic acids is 1. The van der Waals surface area contributed by atoms with Crippen molar-refractivity contribution in [3.8, 4) is 0 Å². The van der Waals surface area contributed by atoms with Crippen LogP contribution < -0.4 is 0 Å². The predicted molar refractivity (Wildman–Crippen MR) is 39.6 cm³/mol.